The molecular weight excluding hydrogens is 386 g/mol. The van der Waals surface area contributed by atoms with Crippen LogP contribution in [0, 0.1) is 0 Å². The summed E-state index contributed by atoms with van der Waals surface area (Å²) in [7, 11) is 1.47. The summed E-state index contributed by atoms with van der Waals surface area (Å²) in [4.78, 5) is 25.1. The highest BCUT2D eigenvalue weighted by Gasteiger charge is 2.24. The first kappa shape index (κ1) is 19.6. The van der Waals surface area contributed by atoms with Crippen LogP contribution in [0.4, 0.5) is 5.69 Å². The number of hydrogen-bond donors (Lipinski definition) is 1. The monoisotopic (exact) mass is 407 g/mol. The molecule has 3 aromatic carbocycles. The number of rotatable bonds is 5. The molecule has 0 saturated carbocycles. The average molecular weight is 407 g/mol. The number of methoxy groups -OCH3 is 1. The minimum atomic E-state index is -0.997. The Hall–Kier alpha value is -3.74. The van der Waals surface area contributed by atoms with Gasteiger partial charge in [0.25, 0.3) is 5.91 Å². The fourth-order valence-electron chi connectivity index (χ4n) is 3.18. The SMILES string of the molecule is COc1cc(C(=O)O[C@@H](C)C(=O)Nc2ccc3ccccc3c2)cc2c1OCCO2. The van der Waals surface area contributed by atoms with E-state index in [0.717, 1.165) is 10.8 Å². The maximum Gasteiger partial charge on any atom is 0.339 e. The Morgan fingerprint density at radius 1 is 1.00 bits per heavy atom. The fraction of sp³-hybridized carbons (Fsp3) is 0.217. The summed E-state index contributed by atoms with van der Waals surface area (Å²) >= 11 is 0. The van der Waals surface area contributed by atoms with Gasteiger partial charge in [0.2, 0.25) is 5.75 Å². The number of nitrogens with one attached hydrogen (secondary N) is 1. The Bertz CT molecular complexity index is 1090. The minimum absolute atomic E-state index is 0.210. The molecule has 0 fully saturated rings. The number of anilines is 1. The number of hydrogen-bond acceptors (Lipinski definition) is 6. The molecule has 7 nitrogen and oxygen atoms in total. The van der Waals surface area contributed by atoms with E-state index >= 15 is 0 Å². The summed E-state index contributed by atoms with van der Waals surface area (Å²) in [6.07, 6.45) is -0.997. The summed E-state index contributed by atoms with van der Waals surface area (Å²) < 4.78 is 21.7. The molecule has 1 aliphatic rings. The molecule has 0 aliphatic carbocycles. The Labute approximate surface area is 173 Å². The fourth-order valence-corrected chi connectivity index (χ4v) is 3.18. The second-order valence-electron chi connectivity index (χ2n) is 6.80. The van der Waals surface area contributed by atoms with Crippen LogP contribution in [-0.2, 0) is 9.53 Å². The van der Waals surface area contributed by atoms with E-state index in [1.165, 1.54) is 26.2 Å². The Morgan fingerprint density at radius 3 is 2.57 bits per heavy atom. The van der Waals surface area contributed by atoms with E-state index in [4.69, 9.17) is 18.9 Å². The summed E-state index contributed by atoms with van der Waals surface area (Å²) in [5.41, 5.74) is 0.837. The van der Waals surface area contributed by atoms with Crippen LogP contribution in [-0.4, -0.2) is 38.3 Å². The summed E-state index contributed by atoms with van der Waals surface area (Å²) in [6, 6.07) is 16.5. The van der Waals surface area contributed by atoms with Gasteiger partial charge in [-0.2, -0.15) is 0 Å². The van der Waals surface area contributed by atoms with Gasteiger partial charge in [0.15, 0.2) is 17.6 Å². The van der Waals surface area contributed by atoms with E-state index in [9.17, 15) is 9.59 Å². The lowest BCUT2D eigenvalue weighted by molar-refractivity contribution is -0.123. The summed E-state index contributed by atoms with van der Waals surface area (Å²) in [5, 5.41) is 4.85. The Morgan fingerprint density at radius 2 is 1.77 bits per heavy atom. The standard InChI is InChI=1S/C23H21NO6/c1-14(22(25)24-18-8-7-15-5-3-4-6-16(15)11-18)30-23(26)17-12-19(27-2)21-20(13-17)28-9-10-29-21/h3-8,11-14H,9-10H2,1-2H3,(H,24,25)/t14-/m0/s1. The lowest BCUT2D eigenvalue weighted by Crippen LogP contribution is -2.30. The van der Waals surface area contributed by atoms with Gasteiger partial charge in [-0.15, -0.1) is 0 Å². The maximum atomic E-state index is 12.6. The van der Waals surface area contributed by atoms with Crippen LogP contribution < -0.4 is 19.5 Å². The first-order valence-electron chi connectivity index (χ1n) is 9.53. The van der Waals surface area contributed by atoms with Gasteiger partial charge < -0.3 is 24.3 Å². The van der Waals surface area contributed by atoms with E-state index in [0.29, 0.717) is 36.1 Å². The molecule has 1 heterocycles. The van der Waals surface area contributed by atoms with Crippen LogP contribution in [0.3, 0.4) is 0 Å². The lowest BCUT2D eigenvalue weighted by Gasteiger charge is -2.21. The lowest BCUT2D eigenvalue weighted by atomic mass is 10.1. The average Bonchev–Trinajstić information content (AvgIpc) is 2.78. The van der Waals surface area contributed by atoms with Crippen LogP contribution in [0.15, 0.2) is 54.6 Å². The highest BCUT2D eigenvalue weighted by atomic mass is 16.6. The third-order valence-corrected chi connectivity index (χ3v) is 4.73. The molecule has 0 saturated heterocycles. The summed E-state index contributed by atoms with van der Waals surface area (Å²) in [6.45, 7) is 2.29. The first-order valence-corrected chi connectivity index (χ1v) is 9.53. The number of carbonyl (C=O) groups excluding carboxylic acids is 2. The van der Waals surface area contributed by atoms with Gasteiger partial charge in [-0.3, -0.25) is 4.79 Å². The largest absolute Gasteiger partial charge is 0.493 e. The van der Waals surface area contributed by atoms with Gasteiger partial charge >= 0.3 is 5.97 Å². The van der Waals surface area contributed by atoms with E-state index in [1.54, 1.807) is 6.07 Å². The van der Waals surface area contributed by atoms with Crippen molar-refractivity contribution in [3.63, 3.8) is 0 Å². The molecule has 4 rings (SSSR count). The molecule has 0 radical (unpaired) electrons. The van der Waals surface area contributed by atoms with Gasteiger partial charge in [0, 0.05) is 5.69 Å². The third-order valence-electron chi connectivity index (χ3n) is 4.73. The molecule has 0 bridgehead atoms. The first-order chi connectivity index (χ1) is 14.5. The highest BCUT2D eigenvalue weighted by Crippen LogP contribution is 2.40. The van der Waals surface area contributed by atoms with Crippen LogP contribution in [0.25, 0.3) is 10.8 Å². The van der Waals surface area contributed by atoms with Crippen molar-refractivity contribution in [1.82, 2.24) is 0 Å². The van der Waals surface area contributed by atoms with Gasteiger partial charge in [0.05, 0.1) is 12.7 Å². The van der Waals surface area contributed by atoms with E-state index in [1.807, 2.05) is 36.4 Å². The predicted octanol–water partition coefficient (Wildman–Crippen LogP) is 3.80. The smallest absolute Gasteiger partial charge is 0.339 e. The van der Waals surface area contributed by atoms with Crippen molar-refractivity contribution in [2.45, 2.75) is 13.0 Å². The van der Waals surface area contributed by atoms with Crippen molar-refractivity contribution >= 4 is 28.3 Å². The molecule has 0 aromatic heterocycles. The second kappa shape index (κ2) is 8.32. The van der Waals surface area contributed by atoms with E-state index in [2.05, 4.69) is 5.32 Å². The van der Waals surface area contributed by atoms with Gasteiger partial charge in [-0.25, -0.2) is 4.79 Å². The number of esters is 1. The van der Waals surface area contributed by atoms with Gasteiger partial charge in [0.1, 0.15) is 13.2 Å². The molecule has 3 aromatic rings. The zero-order valence-corrected chi connectivity index (χ0v) is 16.6. The number of ether oxygens (including phenoxy) is 4. The molecule has 30 heavy (non-hydrogen) atoms. The molecule has 154 valence electrons. The van der Waals surface area contributed by atoms with E-state index < -0.39 is 18.0 Å². The van der Waals surface area contributed by atoms with E-state index in [-0.39, 0.29) is 5.56 Å². The number of amides is 1. The molecule has 1 aliphatic heterocycles. The zero-order valence-electron chi connectivity index (χ0n) is 16.6. The second-order valence-corrected chi connectivity index (χ2v) is 6.80. The van der Waals surface area contributed by atoms with Crippen molar-refractivity contribution < 1.29 is 28.5 Å². The number of fused-ring (bicyclic) bond motifs is 2. The zero-order chi connectivity index (χ0) is 21.1. The number of carbonyl (C=O) groups is 2. The van der Waals surface area contributed by atoms with Crippen molar-refractivity contribution in [2.24, 2.45) is 0 Å². The van der Waals surface area contributed by atoms with Crippen molar-refractivity contribution in [3.8, 4) is 17.2 Å². The highest BCUT2D eigenvalue weighted by molar-refractivity contribution is 5.99. The molecule has 7 heteroatoms. The normalized spacial score (nSPS) is 13.4. The molecular formula is C23H21NO6. The van der Waals surface area contributed by atoms with Crippen molar-refractivity contribution in [3.05, 3.63) is 60.2 Å². The van der Waals surface area contributed by atoms with Crippen LogP contribution >= 0.6 is 0 Å². The van der Waals surface area contributed by atoms with Crippen LogP contribution in [0.1, 0.15) is 17.3 Å². The predicted molar refractivity (Wildman–Crippen MR) is 111 cm³/mol. The molecule has 1 N–H and O–H groups in total. The Kier molecular flexibility index (Phi) is 5.43. The van der Waals surface area contributed by atoms with Crippen LogP contribution in [0.2, 0.25) is 0 Å². The van der Waals surface area contributed by atoms with Crippen LogP contribution in [0.5, 0.6) is 17.2 Å². The molecule has 0 spiro atoms. The van der Waals surface area contributed by atoms with Crippen molar-refractivity contribution in [2.75, 3.05) is 25.6 Å². The number of benzene rings is 3. The quantitative estimate of drug-likeness (QED) is 0.648. The molecule has 1 atom stereocenters. The minimum Gasteiger partial charge on any atom is -0.493 e. The Balaban J connectivity index is 1.45. The third kappa shape index (κ3) is 4.00. The van der Waals surface area contributed by atoms with Gasteiger partial charge in [-0.1, -0.05) is 30.3 Å². The van der Waals surface area contributed by atoms with Gasteiger partial charge in [-0.05, 0) is 42.0 Å². The molecule has 0 unspecified atom stereocenters. The van der Waals surface area contributed by atoms with Crippen molar-refractivity contribution in [1.29, 1.82) is 0 Å². The topological polar surface area (TPSA) is 83.1 Å². The maximum absolute atomic E-state index is 12.6. The molecule has 1 amide bonds. The summed E-state index contributed by atoms with van der Waals surface area (Å²) in [5.74, 6) is 0.130.